The van der Waals surface area contributed by atoms with Crippen LogP contribution in [0.25, 0.3) is 0 Å². The van der Waals surface area contributed by atoms with Crippen molar-refractivity contribution in [2.45, 2.75) is 0 Å². The molecule has 0 radical (unpaired) electrons. The van der Waals surface area contributed by atoms with E-state index in [1.807, 2.05) is 18.2 Å². The van der Waals surface area contributed by atoms with Gasteiger partial charge in [0, 0.05) is 29.8 Å². The SMILES string of the molecule is O=[N+]([O-])c1ccc(N=N/C(=N/Nc2ccc([N+](=O)[O-])cc2)c2ccccc2)cc1. The summed E-state index contributed by atoms with van der Waals surface area (Å²) < 4.78 is 0. The molecule has 0 saturated heterocycles. The normalized spacial score (nSPS) is 11.4. The van der Waals surface area contributed by atoms with Crippen molar-refractivity contribution in [2.24, 2.45) is 15.3 Å². The van der Waals surface area contributed by atoms with Gasteiger partial charge < -0.3 is 0 Å². The first kappa shape index (κ1) is 19.3. The van der Waals surface area contributed by atoms with Crippen molar-refractivity contribution < 1.29 is 9.85 Å². The Bertz CT molecular complexity index is 1060. The largest absolute Gasteiger partial charge is 0.276 e. The third-order valence-electron chi connectivity index (χ3n) is 3.72. The molecule has 0 spiro atoms. The Labute approximate surface area is 164 Å². The zero-order valence-electron chi connectivity index (χ0n) is 14.9. The summed E-state index contributed by atoms with van der Waals surface area (Å²) in [7, 11) is 0. The molecule has 10 heteroatoms. The minimum Gasteiger partial charge on any atom is -0.276 e. The van der Waals surface area contributed by atoms with Crippen molar-refractivity contribution >= 4 is 28.6 Å². The molecule has 0 heterocycles. The standard InChI is InChI=1S/C19H14N6O4/c26-24(27)17-10-6-15(7-11-17)20-22-19(14-4-2-1-3-5-14)23-21-16-8-12-18(13-9-16)25(28)29/h1-13,20H/b22-19+,23-21?. The molecule has 0 fully saturated rings. The molecular formula is C19H14N6O4. The van der Waals surface area contributed by atoms with Gasteiger partial charge in [-0.1, -0.05) is 30.3 Å². The maximum atomic E-state index is 10.7. The molecule has 1 N–H and O–H groups in total. The van der Waals surface area contributed by atoms with Gasteiger partial charge >= 0.3 is 0 Å². The second kappa shape index (κ2) is 8.95. The smallest absolute Gasteiger partial charge is 0.269 e. The van der Waals surface area contributed by atoms with Crippen LogP contribution in [0, 0.1) is 20.2 Å². The number of hydrazone groups is 1. The van der Waals surface area contributed by atoms with E-state index in [2.05, 4.69) is 20.8 Å². The van der Waals surface area contributed by atoms with Gasteiger partial charge in [-0.2, -0.15) is 5.10 Å². The summed E-state index contributed by atoms with van der Waals surface area (Å²) in [4.78, 5) is 20.5. The average Bonchev–Trinajstić information content (AvgIpc) is 2.75. The lowest BCUT2D eigenvalue weighted by atomic mass is 10.2. The van der Waals surface area contributed by atoms with E-state index in [1.165, 1.54) is 48.5 Å². The van der Waals surface area contributed by atoms with Gasteiger partial charge in [-0.15, -0.1) is 10.2 Å². The maximum absolute atomic E-state index is 10.7. The molecule has 0 aliphatic carbocycles. The molecule has 3 rings (SSSR count). The second-order valence-electron chi connectivity index (χ2n) is 5.69. The summed E-state index contributed by atoms with van der Waals surface area (Å²) in [5.41, 5.74) is 4.37. The number of rotatable bonds is 6. The van der Waals surface area contributed by atoms with E-state index < -0.39 is 9.85 Å². The Hall–Kier alpha value is -4.47. The fourth-order valence-electron chi connectivity index (χ4n) is 2.25. The van der Waals surface area contributed by atoms with Crippen molar-refractivity contribution in [3.05, 3.63) is 105 Å². The highest BCUT2D eigenvalue weighted by atomic mass is 16.6. The molecule has 0 aliphatic heterocycles. The Balaban J connectivity index is 1.83. The molecule has 0 aliphatic rings. The van der Waals surface area contributed by atoms with Gasteiger partial charge in [0.15, 0.2) is 0 Å². The lowest BCUT2D eigenvalue weighted by Gasteiger charge is -2.03. The molecule has 3 aromatic rings. The van der Waals surface area contributed by atoms with Crippen molar-refractivity contribution in [3.63, 3.8) is 0 Å². The van der Waals surface area contributed by atoms with Gasteiger partial charge in [-0.25, -0.2) is 0 Å². The Morgan fingerprint density at radius 1 is 0.759 bits per heavy atom. The number of hydrogen-bond acceptors (Lipinski definition) is 7. The minimum absolute atomic E-state index is 0.0272. The Kier molecular flexibility index (Phi) is 5.96. The first-order chi connectivity index (χ1) is 14.0. The summed E-state index contributed by atoms with van der Waals surface area (Å²) in [5.74, 6) is 0.266. The number of hydrogen-bond donors (Lipinski definition) is 1. The van der Waals surface area contributed by atoms with Crippen molar-refractivity contribution in [2.75, 3.05) is 5.43 Å². The molecule has 0 saturated carbocycles. The van der Waals surface area contributed by atoms with Gasteiger partial charge in [-0.3, -0.25) is 25.7 Å². The molecule has 0 amide bonds. The van der Waals surface area contributed by atoms with Crippen LogP contribution in [0.1, 0.15) is 5.56 Å². The van der Waals surface area contributed by atoms with Crippen LogP contribution in [0.4, 0.5) is 22.7 Å². The summed E-state index contributed by atoms with van der Waals surface area (Å²) >= 11 is 0. The zero-order valence-corrected chi connectivity index (χ0v) is 14.9. The van der Waals surface area contributed by atoms with Crippen LogP contribution >= 0.6 is 0 Å². The quantitative estimate of drug-likeness (QED) is 0.206. The van der Waals surface area contributed by atoms with Crippen molar-refractivity contribution in [1.82, 2.24) is 0 Å². The first-order valence-corrected chi connectivity index (χ1v) is 8.33. The van der Waals surface area contributed by atoms with E-state index >= 15 is 0 Å². The molecular weight excluding hydrogens is 376 g/mol. The predicted molar refractivity (Wildman–Crippen MR) is 107 cm³/mol. The van der Waals surface area contributed by atoms with Crippen molar-refractivity contribution in [1.29, 1.82) is 0 Å². The third-order valence-corrected chi connectivity index (χ3v) is 3.72. The fourth-order valence-corrected chi connectivity index (χ4v) is 2.25. The maximum Gasteiger partial charge on any atom is 0.269 e. The fraction of sp³-hybridized carbons (Fsp3) is 0. The highest BCUT2D eigenvalue weighted by molar-refractivity contribution is 5.99. The number of non-ortho nitro benzene ring substituents is 2. The van der Waals surface area contributed by atoms with Crippen LogP contribution < -0.4 is 5.43 Å². The Morgan fingerprint density at radius 3 is 1.86 bits per heavy atom. The molecule has 144 valence electrons. The number of nitro benzene ring substituents is 2. The summed E-state index contributed by atoms with van der Waals surface area (Å²) in [6.07, 6.45) is 0. The molecule has 0 unspecified atom stereocenters. The van der Waals surface area contributed by atoms with E-state index in [0.717, 1.165) is 0 Å². The van der Waals surface area contributed by atoms with E-state index in [9.17, 15) is 20.2 Å². The summed E-state index contributed by atoms with van der Waals surface area (Å²) in [5, 5.41) is 33.9. The van der Waals surface area contributed by atoms with E-state index in [0.29, 0.717) is 16.9 Å². The van der Waals surface area contributed by atoms with Gasteiger partial charge in [0.05, 0.1) is 21.2 Å². The summed E-state index contributed by atoms with van der Waals surface area (Å²) in [6, 6.07) is 20.5. The van der Waals surface area contributed by atoms with Gasteiger partial charge in [-0.05, 0) is 24.3 Å². The number of nitrogens with zero attached hydrogens (tertiary/aromatic N) is 5. The molecule has 3 aromatic carbocycles. The molecule has 10 nitrogen and oxygen atoms in total. The van der Waals surface area contributed by atoms with Crippen LogP contribution in [0.5, 0.6) is 0 Å². The van der Waals surface area contributed by atoms with Crippen LogP contribution in [0.15, 0.2) is 94.2 Å². The second-order valence-corrected chi connectivity index (χ2v) is 5.69. The number of benzene rings is 3. The molecule has 0 bridgehead atoms. The highest BCUT2D eigenvalue weighted by Gasteiger charge is 2.06. The van der Waals surface area contributed by atoms with Gasteiger partial charge in [0.2, 0.25) is 5.84 Å². The first-order valence-electron chi connectivity index (χ1n) is 8.33. The lowest BCUT2D eigenvalue weighted by molar-refractivity contribution is -0.385. The van der Waals surface area contributed by atoms with Crippen LogP contribution in [-0.2, 0) is 0 Å². The number of azo groups is 1. The van der Waals surface area contributed by atoms with Gasteiger partial charge in [0.1, 0.15) is 0 Å². The number of nitrogens with one attached hydrogen (secondary N) is 1. The zero-order chi connectivity index (χ0) is 20.6. The van der Waals surface area contributed by atoms with Crippen LogP contribution in [-0.4, -0.2) is 15.7 Å². The monoisotopic (exact) mass is 390 g/mol. The molecule has 0 aromatic heterocycles. The number of nitro groups is 2. The Morgan fingerprint density at radius 2 is 1.31 bits per heavy atom. The topological polar surface area (TPSA) is 135 Å². The third kappa shape index (κ3) is 5.26. The molecule has 0 atom stereocenters. The van der Waals surface area contributed by atoms with Crippen LogP contribution in [0.3, 0.4) is 0 Å². The highest BCUT2D eigenvalue weighted by Crippen LogP contribution is 2.19. The molecule has 29 heavy (non-hydrogen) atoms. The lowest BCUT2D eigenvalue weighted by Crippen LogP contribution is -2.01. The predicted octanol–water partition coefficient (Wildman–Crippen LogP) is 5.06. The number of anilines is 1. The van der Waals surface area contributed by atoms with E-state index in [4.69, 9.17) is 0 Å². The van der Waals surface area contributed by atoms with E-state index in [1.54, 1.807) is 12.1 Å². The minimum atomic E-state index is -0.494. The van der Waals surface area contributed by atoms with Crippen molar-refractivity contribution in [3.8, 4) is 0 Å². The number of amidine groups is 1. The van der Waals surface area contributed by atoms with Crippen LogP contribution in [0.2, 0.25) is 0 Å². The summed E-state index contributed by atoms with van der Waals surface area (Å²) in [6.45, 7) is 0. The average molecular weight is 390 g/mol. The van der Waals surface area contributed by atoms with E-state index in [-0.39, 0.29) is 17.2 Å². The van der Waals surface area contributed by atoms with Gasteiger partial charge in [0.25, 0.3) is 11.4 Å².